The van der Waals surface area contributed by atoms with Gasteiger partial charge in [0.15, 0.2) is 0 Å². The summed E-state index contributed by atoms with van der Waals surface area (Å²) in [5.41, 5.74) is 2.59. The SMILES string of the molecule is Cc1ccc(NC(=O)c2ccc(=O)n(Cc3cccc(Cl)c3)c2)cc1Cl. The van der Waals surface area contributed by atoms with Crippen LogP contribution in [0.5, 0.6) is 0 Å². The molecule has 26 heavy (non-hydrogen) atoms. The fourth-order valence-electron chi connectivity index (χ4n) is 2.50. The zero-order chi connectivity index (χ0) is 18.7. The van der Waals surface area contributed by atoms with Crippen LogP contribution in [0.25, 0.3) is 0 Å². The maximum atomic E-state index is 12.5. The van der Waals surface area contributed by atoms with E-state index < -0.39 is 0 Å². The Hall–Kier alpha value is -2.56. The van der Waals surface area contributed by atoms with Crippen LogP contribution >= 0.6 is 23.2 Å². The van der Waals surface area contributed by atoms with Gasteiger partial charge in [0.25, 0.3) is 11.5 Å². The molecule has 0 saturated heterocycles. The van der Waals surface area contributed by atoms with Crippen molar-refractivity contribution in [2.45, 2.75) is 13.5 Å². The number of hydrogen-bond acceptors (Lipinski definition) is 2. The quantitative estimate of drug-likeness (QED) is 0.702. The standard InChI is InChI=1S/C20H16Cl2N2O2/c1-13-5-7-17(10-18(13)22)23-20(26)15-6-8-19(25)24(12-15)11-14-3-2-4-16(21)9-14/h2-10,12H,11H2,1H3,(H,23,26). The first-order valence-corrected chi connectivity index (χ1v) is 8.70. The van der Waals surface area contributed by atoms with Crippen molar-refractivity contribution in [2.24, 2.45) is 0 Å². The highest BCUT2D eigenvalue weighted by Crippen LogP contribution is 2.20. The third-order valence-corrected chi connectivity index (χ3v) is 4.56. The molecule has 0 unspecified atom stereocenters. The number of halogens is 2. The van der Waals surface area contributed by atoms with E-state index in [0.29, 0.717) is 27.8 Å². The van der Waals surface area contributed by atoms with Crippen LogP contribution in [0.4, 0.5) is 5.69 Å². The first-order valence-electron chi connectivity index (χ1n) is 7.95. The van der Waals surface area contributed by atoms with Gasteiger partial charge < -0.3 is 9.88 Å². The summed E-state index contributed by atoms with van der Waals surface area (Å²) in [6.07, 6.45) is 1.54. The fraction of sp³-hybridized carbons (Fsp3) is 0.100. The van der Waals surface area contributed by atoms with Gasteiger partial charge in [-0.3, -0.25) is 9.59 Å². The summed E-state index contributed by atoms with van der Waals surface area (Å²) in [5.74, 6) is -0.315. The summed E-state index contributed by atoms with van der Waals surface area (Å²) in [6.45, 7) is 2.22. The zero-order valence-electron chi connectivity index (χ0n) is 14.0. The summed E-state index contributed by atoms with van der Waals surface area (Å²) < 4.78 is 1.47. The molecule has 4 nitrogen and oxygen atoms in total. The topological polar surface area (TPSA) is 51.1 Å². The predicted molar refractivity (Wildman–Crippen MR) is 105 cm³/mol. The molecule has 3 aromatic rings. The normalized spacial score (nSPS) is 10.6. The van der Waals surface area contributed by atoms with Crippen LogP contribution in [-0.4, -0.2) is 10.5 Å². The summed E-state index contributed by atoms with van der Waals surface area (Å²) in [5, 5.41) is 3.96. The molecule has 2 aromatic carbocycles. The Labute approximate surface area is 161 Å². The monoisotopic (exact) mass is 386 g/mol. The van der Waals surface area contributed by atoms with Crippen molar-refractivity contribution < 1.29 is 4.79 Å². The summed E-state index contributed by atoms with van der Waals surface area (Å²) in [6, 6.07) is 15.4. The number of carbonyl (C=O) groups excluding carboxylic acids is 1. The second kappa shape index (κ2) is 7.77. The minimum Gasteiger partial charge on any atom is -0.322 e. The van der Waals surface area contributed by atoms with E-state index in [1.165, 1.54) is 22.9 Å². The van der Waals surface area contributed by atoms with Crippen molar-refractivity contribution in [2.75, 3.05) is 5.32 Å². The minimum absolute atomic E-state index is 0.195. The van der Waals surface area contributed by atoms with Gasteiger partial charge >= 0.3 is 0 Å². The largest absolute Gasteiger partial charge is 0.322 e. The van der Waals surface area contributed by atoms with E-state index in [0.717, 1.165) is 11.1 Å². The Bertz CT molecular complexity index is 1030. The van der Waals surface area contributed by atoms with Gasteiger partial charge in [0.1, 0.15) is 0 Å². The van der Waals surface area contributed by atoms with Crippen molar-refractivity contribution in [3.63, 3.8) is 0 Å². The molecule has 1 amide bonds. The van der Waals surface area contributed by atoms with E-state index in [1.54, 1.807) is 24.3 Å². The number of nitrogens with zero attached hydrogens (tertiary/aromatic N) is 1. The van der Waals surface area contributed by atoms with Crippen LogP contribution in [0.3, 0.4) is 0 Å². The molecular formula is C20H16Cl2N2O2. The summed E-state index contributed by atoms with van der Waals surface area (Å²) in [7, 11) is 0. The fourth-order valence-corrected chi connectivity index (χ4v) is 2.89. The van der Waals surface area contributed by atoms with Gasteiger partial charge in [0.2, 0.25) is 0 Å². The number of amides is 1. The maximum Gasteiger partial charge on any atom is 0.257 e. The van der Waals surface area contributed by atoms with E-state index in [9.17, 15) is 9.59 Å². The van der Waals surface area contributed by atoms with E-state index in [2.05, 4.69) is 5.32 Å². The average Bonchev–Trinajstić information content (AvgIpc) is 2.60. The highest BCUT2D eigenvalue weighted by molar-refractivity contribution is 6.31. The van der Waals surface area contributed by atoms with E-state index >= 15 is 0 Å². The molecule has 0 aliphatic carbocycles. The molecule has 0 spiro atoms. The highest BCUT2D eigenvalue weighted by atomic mass is 35.5. The lowest BCUT2D eigenvalue weighted by Gasteiger charge is -2.10. The van der Waals surface area contributed by atoms with Gasteiger partial charge in [-0.05, 0) is 48.4 Å². The van der Waals surface area contributed by atoms with E-state index in [1.807, 2.05) is 25.1 Å². The van der Waals surface area contributed by atoms with Crippen molar-refractivity contribution in [1.82, 2.24) is 4.57 Å². The Morgan fingerprint density at radius 3 is 2.62 bits per heavy atom. The molecular weight excluding hydrogens is 371 g/mol. The maximum absolute atomic E-state index is 12.5. The smallest absolute Gasteiger partial charge is 0.257 e. The lowest BCUT2D eigenvalue weighted by molar-refractivity contribution is 0.102. The van der Waals surface area contributed by atoms with Gasteiger partial charge in [-0.25, -0.2) is 0 Å². The van der Waals surface area contributed by atoms with Crippen LogP contribution in [0, 0.1) is 6.92 Å². The molecule has 1 aromatic heterocycles. The Kier molecular flexibility index (Phi) is 5.45. The molecule has 0 bridgehead atoms. The lowest BCUT2D eigenvalue weighted by atomic mass is 10.2. The number of benzene rings is 2. The van der Waals surface area contributed by atoms with Crippen LogP contribution in [0.15, 0.2) is 65.6 Å². The lowest BCUT2D eigenvalue weighted by Crippen LogP contribution is -2.22. The summed E-state index contributed by atoms with van der Waals surface area (Å²) >= 11 is 12.1. The van der Waals surface area contributed by atoms with Crippen molar-refractivity contribution in [3.05, 3.63) is 97.9 Å². The summed E-state index contributed by atoms with van der Waals surface area (Å²) in [4.78, 5) is 24.6. The average molecular weight is 387 g/mol. The third-order valence-electron chi connectivity index (χ3n) is 3.92. The van der Waals surface area contributed by atoms with Crippen molar-refractivity contribution in [1.29, 1.82) is 0 Å². The zero-order valence-corrected chi connectivity index (χ0v) is 15.5. The number of anilines is 1. The minimum atomic E-state index is -0.315. The molecule has 132 valence electrons. The van der Waals surface area contributed by atoms with E-state index in [-0.39, 0.29) is 11.5 Å². The molecule has 0 fully saturated rings. The first kappa shape index (κ1) is 18.2. The van der Waals surface area contributed by atoms with Gasteiger partial charge in [-0.1, -0.05) is 41.4 Å². The van der Waals surface area contributed by atoms with Crippen LogP contribution in [0.1, 0.15) is 21.5 Å². The number of aryl methyl sites for hydroxylation is 1. The van der Waals surface area contributed by atoms with Crippen LogP contribution < -0.4 is 10.9 Å². The van der Waals surface area contributed by atoms with Gasteiger partial charge in [0.05, 0.1) is 12.1 Å². The Morgan fingerprint density at radius 2 is 1.88 bits per heavy atom. The molecule has 0 aliphatic heterocycles. The van der Waals surface area contributed by atoms with Gasteiger partial charge in [-0.2, -0.15) is 0 Å². The van der Waals surface area contributed by atoms with Crippen LogP contribution in [-0.2, 0) is 6.54 Å². The number of aromatic nitrogens is 1. The molecule has 1 heterocycles. The molecule has 3 rings (SSSR count). The molecule has 0 aliphatic rings. The van der Waals surface area contributed by atoms with Gasteiger partial charge in [0, 0.05) is 28.0 Å². The van der Waals surface area contributed by atoms with Crippen molar-refractivity contribution in [3.8, 4) is 0 Å². The third kappa shape index (κ3) is 4.34. The molecule has 0 saturated carbocycles. The number of rotatable bonds is 4. The molecule has 6 heteroatoms. The molecule has 0 radical (unpaired) electrons. The molecule has 0 atom stereocenters. The van der Waals surface area contributed by atoms with Gasteiger partial charge in [-0.15, -0.1) is 0 Å². The number of carbonyl (C=O) groups is 1. The second-order valence-corrected chi connectivity index (χ2v) is 6.78. The highest BCUT2D eigenvalue weighted by Gasteiger charge is 2.09. The number of nitrogens with one attached hydrogen (secondary N) is 1. The Balaban J connectivity index is 1.83. The van der Waals surface area contributed by atoms with Crippen molar-refractivity contribution >= 4 is 34.8 Å². The van der Waals surface area contributed by atoms with Crippen LogP contribution in [0.2, 0.25) is 10.0 Å². The van der Waals surface area contributed by atoms with E-state index in [4.69, 9.17) is 23.2 Å². The number of hydrogen-bond donors (Lipinski definition) is 1. The second-order valence-electron chi connectivity index (χ2n) is 5.93. The number of pyridine rings is 1. The molecule has 1 N–H and O–H groups in total. The predicted octanol–water partition coefficient (Wildman–Crippen LogP) is 4.76. The first-order chi connectivity index (χ1) is 12.4. The Morgan fingerprint density at radius 1 is 1.08 bits per heavy atom.